The van der Waals surface area contributed by atoms with E-state index in [0.29, 0.717) is 37.0 Å². The van der Waals surface area contributed by atoms with Crippen LogP contribution < -0.4 is 0 Å². The molecule has 0 aromatic carbocycles. The highest BCUT2D eigenvalue weighted by Gasteiger charge is 2.68. The first-order chi connectivity index (χ1) is 36.0. The van der Waals surface area contributed by atoms with E-state index in [0.717, 1.165) is 38.5 Å². The Hall–Kier alpha value is -1.14. The van der Waals surface area contributed by atoms with E-state index in [1.165, 1.54) is 5.57 Å². The first kappa shape index (κ1) is 61.9. The maximum Gasteiger partial charge on any atom is 0.187 e. The van der Waals surface area contributed by atoms with Crippen molar-refractivity contribution in [3.05, 3.63) is 11.6 Å². The topological polar surface area (TPSA) is 357 Å². The molecule has 4 aliphatic carbocycles. The van der Waals surface area contributed by atoms with E-state index in [2.05, 4.69) is 47.6 Å². The predicted octanol–water partition coefficient (Wildman–Crippen LogP) is -0.785. The van der Waals surface area contributed by atoms with E-state index in [9.17, 15) is 71.5 Å². The normalized spacial score (nSPS) is 51.0. The molecule has 29 atom stereocenters. The van der Waals surface area contributed by atoms with Gasteiger partial charge in [0.05, 0.1) is 43.7 Å². The van der Waals surface area contributed by atoms with Gasteiger partial charge in [0.25, 0.3) is 0 Å². The molecule has 3 unspecified atom stereocenters. The summed E-state index contributed by atoms with van der Waals surface area (Å²) in [5.41, 5.74) is -0.695. The van der Waals surface area contributed by atoms with Crippen molar-refractivity contribution in [3.63, 3.8) is 0 Å². The summed E-state index contributed by atoms with van der Waals surface area (Å²) >= 11 is 0. The number of allylic oxidation sites excluding steroid dienone is 1. The van der Waals surface area contributed by atoms with Gasteiger partial charge < -0.3 is 109 Å². The second kappa shape index (κ2) is 23.5. The first-order valence-corrected chi connectivity index (χ1v) is 28.3. The number of rotatable bonds is 17. The average Bonchev–Trinajstić information content (AvgIpc) is 3.78. The van der Waals surface area contributed by atoms with Crippen molar-refractivity contribution in [2.24, 2.45) is 45.3 Å². The van der Waals surface area contributed by atoms with Crippen LogP contribution in [0, 0.1) is 45.3 Å². The van der Waals surface area contributed by atoms with Gasteiger partial charge in [-0.1, -0.05) is 60.1 Å². The van der Waals surface area contributed by atoms with E-state index in [-0.39, 0.29) is 34.7 Å². The molecule has 0 aromatic heterocycles. The van der Waals surface area contributed by atoms with Gasteiger partial charge in [-0.15, -0.1) is 0 Å². The fourth-order valence-corrected chi connectivity index (χ4v) is 15.8. The number of fused-ring (bicyclic) bond motifs is 5. The SMILES string of the molecule is CC[C@@H]1O[C@H](O[C@H]2[C@H](O[C@H](CC[C@@H](C)C3CC[C@@]4(C)C5CC=C6C(CC[C@H](O[C@@H]7O[C@H](CO)[C@@H](O)[C@H](O)[C@H]7O)C6(C)C)[C@]5(C)CC[C@]34C)C(C)(C)O)O[C@H](CO[C@H]3O[C@H](CO)[C@@H](O)[C@H](O)[C@H]3O)[C@@H](O)[C@@H]2O)[C@@H](O)[C@H](O)[C@H]1O. The summed E-state index contributed by atoms with van der Waals surface area (Å²) in [6.07, 6.45) is -21.9. The molecule has 0 aromatic rings. The quantitative estimate of drug-likeness (QED) is 0.0794. The maximum absolute atomic E-state index is 11.8. The Kier molecular flexibility index (Phi) is 18.9. The standard InChI is InChI=1S/C55H94O22/c1-10-28-35(58)39(62)45(68)49(71-28)77-46-42(65)38(61)31(23-70-47-43(66)40(63)36(59)29(21-56)72-47)74-50(46)76-34(52(5,6)69)15-11-24(2)25-17-18-55(9)32-14-12-26-27(53(32,7)19-20-54(25,55)8)13-16-33(51(26,3)4)75-48-44(67)41(64)37(60)30(22-57)73-48/h12,24-25,27-50,56-69H,10-11,13-23H2,1-9H3/t24-,25?,27?,28+,29-,30-,31-,32?,33+,34-,35+,36-,37-,38-,39-,40+,41+,42+,43-,44-,45+,46-,47+,48+,49-,50+,53+,54-,55+/m1/s1. The molecule has 7 fully saturated rings. The summed E-state index contributed by atoms with van der Waals surface area (Å²) in [5, 5.41) is 150. The molecular formula is C55H94O22. The highest BCUT2D eigenvalue weighted by atomic mass is 16.8. The van der Waals surface area contributed by atoms with E-state index in [1.54, 1.807) is 20.8 Å². The largest absolute Gasteiger partial charge is 0.394 e. The molecule has 3 saturated carbocycles. The van der Waals surface area contributed by atoms with Gasteiger partial charge in [0.2, 0.25) is 0 Å². The smallest absolute Gasteiger partial charge is 0.187 e. The molecule has 22 nitrogen and oxygen atoms in total. The van der Waals surface area contributed by atoms with E-state index >= 15 is 0 Å². The lowest BCUT2D eigenvalue weighted by Gasteiger charge is -2.66. The Labute approximate surface area is 452 Å². The number of hydrogen-bond acceptors (Lipinski definition) is 22. The van der Waals surface area contributed by atoms with Crippen LogP contribution in [0.15, 0.2) is 11.6 Å². The molecule has 0 radical (unpaired) electrons. The van der Waals surface area contributed by atoms with Gasteiger partial charge >= 0.3 is 0 Å². The Morgan fingerprint density at radius 2 is 1.13 bits per heavy atom. The van der Waals surface area contributed by atoms with Crippen LogP contribution in [0.2, 0.25) is 0 Å². The Bertz CT molecular complexity index is 1980. The lowest BCUT2D eigenvalue weighted by atomic mass is 9.39. The molecule has 8 aliphatic rings. The van der Waals surface area contributed by atoms with Crippen molar-refractivity contribution in [1.82, 2.24) is 0 Å². The zero-order valence-electron chi connectivity index (χ0n) is 46.3. The summed E-state index contributed by atoms with van der Waals surface area (Å²) in [6, 6.07) is 0. The highest BCUT2D eigenvalue weighted by molar-refractivity contribution is 5.30. The summed E-state index contributed by atoms with van der Waals surface area (Å²) < 4.78 is 48.4. The monoisotopic (exact) mass is 1110 g/mol. The minimum absolute atomic E-state index is 0.00969. The molecule has 446 valence electrons. The third-order valence-corrected chi connectivity index (χ3v) is 20.9. The van der Waals surface area contributed by atoms with Gasteiger partial charge in [-0.25, -0.2) is 0 Å². The summed E-state index contributed by atoms with van der Waals surface area (Å²) in [7, 11) is 0. The van der Waals surface area contributed by atoms with Crippen LogP contribution in [0.5, 0.6) is 0 Å². The number of ether oxygens (including phenoxy) is 8. The molecule has 4 aliphatic heterocycles. The summed E-state index contributed by atoms with van der Waals surface area (Å²) in [5.74, 6) is 1.14. The van der Waals surface area contributed by atoms with Gasteiger partial charge in [-0.2, -0.15) is 0 Å². The van der Waals surface area contributed by atoms with E-state index < -0.39 is 160 Å². The number of aliphatic hydroxyl groups excluding tert-OH is 13. The van der Waals surface area contributed by atoms with Crippen LogP contribution in [0.3, 0.4) is 0 Å². The van der Waals surface area contributed by atoms with Crippen LogP contribution in [0.25, 0.3) is 0 Å². The molecule has 77 heavy (non-hydrogen) atoms. The van der Waals surface area contributed by atoms with Gasteiger partial charge in [0, 0.05) is 5.41 Å². The summed E-state index contributed by atoms with van der Waals surface area (Å²) in [4.78, 5) is 0. The molecule has 0 spiro atoms. The van der Waals surface area contributed by atoms with Crippen LogP contribution in [-0.2, 0) is 37.9 Å². The number of aliphatic hydroxyl groups is 14. The molecule has 0 amide bonds. The summed E-state index contributed by atoms with van der Waals surface area (Å²) in [6.45, 7) is 17.0. The zero-order valence-corrected chi connectivity index (χ0v) is 46.3. The lowest BCUT2D eigenvalue weighted by molar-refractivity contribution is -0.379. The molecule has 4 heterocycles. The van der Waals surface area contributed by atoms with Crippen molar-refractivity contribution in [2.75, 3.05) is 19.8 Å². The maximum atomic E-state index is 11.8. The van der Waals surface area contributed by atoms with Crippen LogP contribution in [-0.4, -0.2) is 232 Å². The molecule has 0 bridgehead atoms. The molecular weight excluding hydrogens is 1010 g/mol. The fourth-order valence-electron chi connectivity index (χ4n) is 15.8. The molecule has 14 N–H and O–H groups in total. The van der Waals surface area contributed by atoms with Crippen molar-refractivity contribution in [2.45, 2.75) is 267 Å². The van der Waals surface area contributed by atoms with Crippen LogP contribution in [0.1, 0.15) is 127 Å². The second-order valence-electron chi connectivity index (χ2n) is 26.0. The second-order valence-corrected chi connectivity index (χ2v) is 26.0. The lowest BCUT2D eigenvalue weighted by Crippen LogP contribution is -2.65. The predicted molar refractivity (Wildman–Crippen MR) is 269 cm³/mol. The fraction of sp³-hybridized carbons (Fsp3) is 0.964. The van der Waals surface area contributed by atoms with Crippen molar-refractivity contribution in [3.8, 4) is 0 Å². The highest BCUT2D eigenvalue weighted by Crippen LogP contribution is 2.75. The average molecular weight is 1110 g/mol. The molecule has 8 rings (SSSR count). The van der Waals surface area contributed by atoms with E-state index in [1.807, 2.05) is 0 Å². The first-order valence-electron chi connectivity index (χ1n) is 28.3. The van der Waals surface area contributed by atoms with Crippen LogP contribution in [0.4, 0.5) is 0 Å². The van der Waals surface area contributed by atoms with Crippen molar-refractivity contribution >= 4 is 0 Å². The van der Waals surface area contributed by atoms with Gasteiger partial charge in [-0.05, 0) is 118 Å². The molecule has 22 heteroatoms. The minimum Gasteiger partial charge on any atom is -0.394 e. The van der Waals surface area contributed by atoms with Crippen LogP contribution >= 0.6 is 0 Å². The Morgan fingerprint density at radius 1 is 0.597 bits per heavy atom. The van der Waals surface area contributed by atoms with Gasteiger partial charge in [0.15, 0.2) is 25.2 Å². The third kappa shape index (κ3) is 11.1. The zero-order chi connectivity index (χ0) is 56.6. The Morgan fingerprint density at radius 3 is 1.71 bits per heavy atom. The van der Waals surface area contributed by atoms with Crippen molar-refractivity contribution in [1.29, 1.82) is 0 Å². The van der Waals surface area contributed by atoms with Gasteiger partial charge in [0.1, 0.15) is 91.6 Å². The minimum atomic E-state index is -1.84. The number of hydrogen-bond donors (Lipinski definition) is 14. The van der Waals surface area contributed by atoms with E-state index in [4.69, 9.17) is 37.9 Å². The molecule has 4 saturated heterocycles. The Balaban J connectivity index is 0.973. The third-order valence-electron chi connectivity index (χ3n) is 20.9. The van der Waals surface area contributed by atoms with Gasteiger partial charge in [-0.3, -0.25) is 0 Å². The van der Waals surface area contributed by atoms with Crippen molar-refractivity contribution < 1.29 is 109 Å².